The average molecular weight is 367 g/mol. The Morgan fingerprint density at radius 3 is 2.89 bits per heavy atom. The lowest BCUT2D eigenvalue weighted by molar-refractivity contribution is 0.0733. The number of amides is 1. The summed E-state index contributed by atoms with van der Waals surface area (Å²) in [5.74, 6) is 0.796. The van der Waals surface area contributed by atoms with Gasteiger partial charge in [-0.25, -0.2) is 19.5 Å². The minimum absolute atomic E-state index is 0.0459. The highest BCUT2D eigenvalue weighted by Crippen LogP contribution is 2.25. The molecule has 9 heteroatoms. The highest BCUT2D eigenvalue weighted by Gasteiger charge is 2.27. The summed E-state index contributed by atoms with van der Waals surface area (Å²) in [6, 6.07) is 0. The van der Waals surface area contributed by atoms with E-state index in [0.29, 0.717) is 37.1 Å². The Morgan fingerprint density at radius 1 is 1.26 bits per heavy atom. The van der Waals surface area contributed by atoms with Gasteiger partial charge in [0.05, 0.1) is 18.4 Å². The molecule has 0 atom stereocenters. The van der Waals surface area contributed by atoms with Gasteiger partial charge < -0.3 is 14.9 Å². The molecular formula is C18H21N7O2. The summed E-state index contributed by atoms with van der Waals surface area (Å²) in [6.45, 7) is 1.08. The topological polar surface area (TPSA) is 99.8 Å². The van der Waals surface area contributed by atoms with Crippen molar-refractivity contribution in [3.05, 3.63) is 47.3 Å². The van der Waals surface area contributed by atoms with Gasteiger partial charge in [0, 0.05) is 45.2 Å². The van der Waals surface area contributed by atoms with Gasteiger partial charge in [-0.05, 0) is 18.4 Å². The van der Waals surface area contributed by atoms with Gasteiger partial charge in [-0.2, -0.15) is 5.10 Å². The third-order valence-electron chi connectivity index (χ3n) is 4.74. The second-order valence-corrected chi connectivity index (χ2v) is 6.76. The van der Waals surface area contributed by atoms with Crippen LogP contribution in [-0.2, 0) is 19.4 Å². The average Bonchev–Trinajstić information content (AvgIpc) is 3.10. The van der Waals surface area contributed by atoms with Crippen LogP contribution in [0.1, 0.15) is 27.2 Å². The number of hydrogen-bond acceptors (Lipinski definition) is 7. The molecule has 1 N–H and O–H groups in total. The van der Waals surface area contributed by atoms with Gasteiger partial charge >= 0.3 is 0 Å². The second-order valence-electron chi connectivity index (χ2n) is 6.76. The van der Waals surface area contributed by atoms with Crippen LogP contribution in [0.4, 0.5) is 5.82 Å². The van der Waals surface area contributed by atoms with Gasteiger partial charge in [-0.15, -0.1) is 0 Å². The standard InChI is InChI=1S/C18H21N7O2/c1-23(2)16-13-3-5-24(10-15(13)20-11-21-16)18(27)14-8-22-25-9-12(4-6-26)7-19-17(14)25/h7-9,11,26H,3-6,10H2,1-2H3. The van der Waals surface area contributed by atoms with Crippen LogP contribution in [0.25, 0.3) is 5.65 Å². The normalized spacial score (nSPS) is 13.7. The molecule has 0 aromatic carbocycles. The molecule has 4 heterocycles. The molecule has 140 valence electrons. The molecule has 3 aromatic heterocycles. The van der Waals surface area contributed by atoms with Crippen molar-refractivity contribution >= 4 is 17.4 Å². The van der Waals surface area contributed by atoms with Crippen molar-refractivity contribution in [2.24, 2.45) is 0 Å². The Bertz CT molecular complexity index is 999. The van der Waals surface area contributed by atoms with E-state index in [4.69, 9.17) is 5.11 Å². The molecule has 0 bridgehead atoms. The third-order valence-corrected chi connectivity index (χ3v) is 4.74. The Labute approximate surface area is 156 Å². The smallest absolute Gasteiger partial charge is 0.259 e. The molecule has 0 unspecified atom stereocenters. The van der Waals surface area contributed by atoms with Gasteiger partial charge in [0.2, 0.25) is 0 Å². The molecule has 0 radical (unpaired) electrons. The van der Waals surface area contributed by atoms with Crippen LogP contribution < -0.4 is 4.90 Å². The number of carbonyl (C=O) groups is 1. The van der Waals surface area contributed by atoms with E-state index in [1.807, 2.05) is 19.0 Å². The van der Waals surface area contributed by atoms with E-state index in [2.05, 4.69) is 20.1 Å². The van der Waals surface area contributed by atoms with Crippen LogP contribution in [0.3, 0.4) is 0 Å². The molecule has 1 aliphatic rings. The predicted molar refractivity (Wildman–Crippen MR) is 98.6 cm³/mol. The number of nitrogens with zero attached hydrogens (tertiary/aromatic N) is 7. The van der Waals surface area contributed by atoms with Crippen molar-refractivity contribution in [2.45, 2.75) is 19.4 Å². The van der Waals surface area contributed by atoms with Crippen LogP contribution >= 0.6 is 0 Å². The minimum Gasteiger partial charge on any atom is -0.396 e. The second kappa shape index (κ2) is 6.92. The van der Waals surface area contributed by atoms with E-state index >= 15 is 0 Å². The summed E-state index contributed by atoms with van der Waals surface area (Å²) in [4.78, 5) is 29.9. The van der Waals surface area contributed by atoms with E-state index in [-0.39, 0.29) is 12.5 Å². The van der Waals surface area contributed by atoms with E-state index in [9.17, 15) is 4.79 Å². The fourth-order valence-electron chi connectivity index (χ4n) is 3.39. The van der Waals surface area contributed by atoms with E-state index < -0.39 is 0 Å². The number of fused-ring (bicyclic) bond motifs is 2. The number of aliphatic hydroxyl groups is 1. The molecule has 0 spiro atoms. The molecule has 0 fully saturated rings. The molecule has 9 nitrogen and oxygen atoms in total. The van der Waals surface area contributed by atoms with Crippen LogP contribution in [0.5, 0.6) is 0 Å². The highest BCUT2D eigenvalue weighted by atomic mass is 16.3. The highest BCUT2D eigenvalue weighted by molar-refractivity contribution is 5.99. The Hall–Kier alpha value is -3.07. The number of aromatic nitrogens is 5. The van der Waals surface area contributed by atoms with Gasteiger partial charge in [0.15, 0.2) is 5.65 Å². The first kappa shape index (κ1) is 17.3. The van der Waals surface area contributed by atoms with Crippen molar-refractivity contribution in [3.63, 3.8) is 0 Å². The van der Waals surface area contributed by atoms with Gasteiger partial charge in [0.1, 0.15) is 17.7 Å². The SMILES string of the molecule is CN(C)c1ncnc2c1CCN(C(=O)c1cnn3cc(CCO)cnc13)C2. The molecule has 1 aliphatic heterocycles. The fraction of sp³-hybridized carbons (Fsp3) is 0.389. The van der Waals surface area contributed by atoms with Crippen molar-refractivity contribution in [1.82, 2.24) is 29.5 Å². The maximum Gasteiger partial charge on any atom is 0.259 e. The van der Waals surface area contributed by atoms with Crippen LogP contribution in [0.15, 0.2) is 24.9 Å². The fourth-order valence-corrected chi connectivity index (χ4v) is 3.39. The number of anilines is 1. The van der Waals surface area contributed by atoms with E-state index in [1.165, 1.54) is 0 Å². The van der Waals surface area contributed by atoms with Crippen LogP contribution in [0.2, 0.25) is 0 Å². The first-order valence-corrected chi connectivity index (χ1v) is 8.81. The quantitative estimate of drug-likeness (QED) is 0.709. The molecule has 1 amide bonds. The molecule has 0 saturated carbocycles. The van der Waals surface area contributed by atoms with E-state index in [1.54, 1.807) is 34.3 Å². The van der Waals surface area contributed by atoms with Crippen molar-refractivity contribution < 1.29 is 9.90 Å². The molecular weight excluding hydrogens is 346 g/mol. The first-order chi connectivity index (χ1) is 13.1. The van der Waals surface area contributed by atoms with Crippen molar-refractivity contribution in [3.8, 4) is 0 Å². The van der Waals surface area contributed by atoms with E-state index in [0.717, 1.165) is 22.6 Å². The maximum atomic E-state index is 13.1. The monoisotopic (exact) mass is 367 g/mol. The zero-order valence-electron chi connectivity index (χ0n) is 15.3. The molecule has 0 aliphatic carbocycles. The Kier molecular flexibility index (Phi) is 4.44. The summed E-state index contributed by atoms with van der Waals surface area (Å²) in [5.41, 5.74) is 3.83. The largest absolute Gasteiger partial charge is 0.396 e. The van der Waals surface area contributed by atoms with Crippen molar-refractivity contribution in [1.29, 1.82) is 0 Å². The number of hydrogen-bond donors (Lipinski definition) is 1. The van der Waals surface area contributed by atoms with Gasteiger partial charge in [-0.3, -0.25) is 4.79 Å². The Morgan fingerprint density at radius 2 is 2.11 bits per heavy atom. The number of rotatable bonds is 4. The molecule has 27 heavy (non-hydrogen) atoms. The maximum absolute atomic E-state index is 13.1. The summed E-state index contributed by atoms with van der Waals surface area (Å²) < 4.78 is 1.59. The molecule has 4 rings (SSSR count). The number of carbonyl (C=O) groups excluding carboxylic acids is 1. The van der Waals surface area contributed by atoms with Gasteiger partial charge in [-0.1, -0.05) is 0 Å². The zero-order chi connectivity index (χ0) is 19.0. The summed E-state index contributed by atoms with van der Waals surface area (Å²) >= 11 is 0. The van der Waals surface area contributed by atoms with Crippen LogP contribution in [0, 0.1) is 0 Å². The Balaban J connectivity index is 1.61. The van der Waals surface area contributed by atoms with Crippen LogP contribution in [-0.4, -0.2) is 67.7 Å². The van der Waals surface area contributed by atoms with Gasteiger partial charge in [0.25, 0.3) is 5.91 Å². The number of aliphatic hydroxyl groups excluding tert-OH is 1. The lowest BCUT2D eigenvalue weighted by Crippen LogP contribution is -2.37. The first-order valence-electron chi connectivity index (χ1n) is 8.81. The van der Waals surface area contributed by atoms with Crippen molar-refractivity contribution in [2.75, 3.05) is 32.1 Å². The molecule has 3 aromatic rings. The lowest BCUT2D eigenvalue weighted by Gasteiger charge is -2.29. The predicted octanol–water partition coefficient (Wildman–Crippen LogP) is 0.319. The summed E-state index contributed by atoms with van der Waals surface area (Å²) in [6.07, 6.45) is 7.77. The lowest BCUT2D eigenvalue weighted by atomic mass is 10.0. The minimum atomic E-state index is -0.108. The zero-order valence-corrected chi connectivity index (χ0v) is 15.3. The molecule has 0 saturated heterocycles. The summed E-state index contributed by atoms with van der Waals surface area (Å²) in [5, 5.41) is 13.3. The third kappa shape index (κ3) is 3.10. The summed E-state index contributed by atoms with van der Waals surface area (Å²) in [7, 11) is 3.91.